The maximum atomic E-state index is 12.6. The van der Waals surface area contributed by atoms with Crippen LogP contribution in [0.1, 0.15) is 17.3 Å². The maximum Gasteiger partial charge on any atom is 0.255 e. The van der Waals surface area contributed by atoms with E-state index in [4.69, 9.17) is 25.8 Å². The van der Waals surface area contributed by atoms with Crippen LogP contribution in [-0.2, 0) is 0 Å². The quantitative estimate of drug-likeness (QED) is 0.548. The molecule has 3 rings (SSSR count). The summed E-state index contributed by atoms with van der Waals surface area (Å²) in [4.78, 5) is 12.6. The van der Waals surface area contributed by atoms with E-state index >= 15 is 0 Å². The zero-order valence-electron chi connectivity index (χ0n) is 15.6. The summed E-state index contributed by atoms with van der Waals surface area (Å²) < 4.78 is 16.5. The number of nitrogens with one attached hydrogen (secondary N) is 1. The highest BCUT2D eigenvalue weighted by Gasteiger charge is 2.16. The van der Waals surface area contributed by atoms with E-state index in [-0.39, 0.29) is 5.91 Å². The minimum atomic E-state index is -0.306. The molecule has 6 heteroatoms. The highest BCUT2D eigenvalue weighted by Crippen LogP contribution is 2.36. The van der Waals surface area contributed by atoms with Gasteiger partial charge in [-0.3, -0.25) is 4.79 Å². The van der Waals surface area contributed by atoms with Crippen molar-refractivity contribution in [3.8, 4) is 23.0 Å². The second kappa shape index (κ2) is 9.15. The summed E-state index contributed by atoms with van der Waals surface area (Å²) in [5, 5.41) is 3.15. The van der Waals surface area contributed by atoms with E-state index < -0.39 is 0 Å². The van der Waals surface area contributed by atoms with Gasteiger partial charge in [0, 0.05) is 11.3 Å². The third-order valence-electron chi connectivity index (χ3n) is 3.87. The largest absolute Gasteiger partial charge is 0.493 e. The van der Waals surface area contributed by atoms with Gasteiger partial charge >= 0.3 is 0 Å². The first-order valence-corrected chi connectivity index (χ1v) is 9.13. The van der Waals surface area contributed by atoms with Crippen LogP contribution >= 0.6 is 11.6 Å². The molecule has 0 fully saturated rings. The first-order valence-electron chi connectivity index (χ1n) is 8.75. The molecule has 5 nitrogen and oxygen atoms in total. The van der Waals surface area contributed by atoms with Gasteiger partial charge in [-0.25, -0.2) is 0 Å². The van der Waals surface area contributed by atoms with Crippen LogP contribution < -0.4 is 19.5 Å². The van der Waals surface area contributed by atoms with Gasteiger partial charge in [0.25, 0.3) is 5.91 Å². The number of hydrogen-bond donors (Lipinski definition) is 1. The van der Waals surface area contributed by atoms with Crippen LogP contribution in [0.15, 0.2) is 66.7 Å². The zero-order chi connectivity index (χ0) is 19.9. The Morgan fingerprint density at radius 2 is 1.68 bits per heavy atom. The predicted molar refractivity (Wildman–Crippen MR) is 110 cm³/mol. The molecule has 0 unspecified atom stereocenters. The van der Waals surface area contributed by atoms with Crippen LogP contribution in [0, 0.1) is 0 Å². The maximum absolute atomic E-state index is 12.6. The summed E-state index contributed by atoms with van der Waals surface area (Å²) in [6.07, 6.45) is 0. The SMILES string of the molecule is CCOc1c(Cl)cc(C(=O)Nc2ccc(Oc3ccccc3)cc2)cc1OC. The standard InChI is InChI=1S/C22H20ClNO4/c1-3-27-21-19(23)13-15(14-20(21)26-2)22(25)24-16-9-11-18(12-10-16)28-17-7-5-4-6-8-17/h4-14H,3H2,1-2H3,(H,24,25). The molecule has 0 radical (unpaired) electrons. The Morgan fingerprint density at radius 3 is 2.32 bits per heavy atom. The van der Waals surface area contributed by atoms with Crippen LogP contribution in [0.3, 0.4) is 0 Å². The molecule has 0 aromatic heterocycles. The van der Waals surface area contributed by atoms with Gasteiger partial charge in [-0.05, 0) is 55.5 Å². The van der Waals surface area contributed by atoms with Gasteiger partial charge in [-0.15, -0.1) is 0 Å². The number of rotatable bonds is 7. The van der Waals surface area contributed by atoms with Crippen molar-refractivity contribution in [2.75, 3.05) is 19.0 Å². The second-order valence-corrected chi connectivity index (χ2v) is 6.22. The molecule has 0 atom stereocenters. The molecule has 0 saturated carbocycles. The third kappa shape index (κ3) is 4.75. The van der Waals surface area contributed by atoms with E-state index in [1.165, 1.54) is 7.11 Å². The van der Waals surface area contributed by atoms with Crippen molar-refractivity contribution < 1.29 is 19.0 Å². The molecule has 3 aromatic rings. The second-order valence-electron chi connectivity index (χ2n) is 5.82. The summed E-state index contributed by atoms with van der Waals surface area (Å²) in [7, 11) is 1.50. The molecule has 1 N–H and O–H groups in total. The van der Waals surface area contributed by atoms with Crippen molar-refractivity contribution >= 4 is 23.2 Å². The molecule has 3 aromatic carbocycles. The van der Waals surface area contributed by atoms with E-state index in [0.717, 1.165) is 5.75 Å². The highest BCUT2D eigenvalue weighted by molar-refractivity contribution is 6.32. The van der Waals surface area contributed by atoms with Crippen LogP contribution in [0.2, 0.25) is 5.02 Å². The number of hydrogen-bond acceptors (Lipinski definition) is 4. The lowest BCUT2D eigenvalue weighted by atomic mass is 10.1. The van der Waals surface area contributed by atoms with Crippen molar-refractivity contribution in [1.29, 1.82) is 0 Å². The normalized spacial score (nSPS) is 10.2. The first-order chi connectivity index (χ1) is 13.6. The Balaban J connectivity index is 1.71. The van der Waals surface area contributed by atoms with Crippen molar-refractivity contribution in [3.05, 3.63) is 77.3 Å². The van der Waals surface area contributed by atoms with Gasteiger partial charge < -0.3 is 19.5 Å². The minimum Gasteiger partial charge on any atom is -0.493 e. The molecule has 0 spiro atoms. The van der Waals surface area contributed by atoms with Gasteiger partial charge in [0.05, 0.1) is 18.7 Å². The fraction of sp³-hybridized carbons (Fsp3) is 0.136. The van der Waals surface area contributed by atoms with Gasteiger partial charge in [0.1, 0.15) is 11.5 Å². The molecule has 1 amide bonds. The number of halogens is 1. The molecule has 0 bridgehead atoms. The van der Waals surface area contributed by atoms with Crippen molar-refractivity contribution in [3.63, 3.8) is 0 Å². The third-order valence-corrected chi connectivity index (χ3v) is 4.15. The van der Waals surface area contributed by atoms with E-state index in [0.29, 0.717) is 40.1 Å². The van der Waals surface area contributed by atoms with Crippen molar-refractivity contribution in [2.24, 2.45) is 0 Å². The van der Waals surface area contributed by atoms with Crippen LogP contribution in [0.25, 0.3) is 0 Å². The van der Waals surface area contributed by atoms with Gasteiger partial charge in [0.15, 0.2) is 11.5 Å². The molecule has 0 aliphatic rings. The van der Waals surface area contributed by atoms with Gasteiger partial charge in [0.2, 0.25) is 0 Å². The van der Waals surface area contributed by atoms with Gasteiger partial charge in [-0.1, -0.05) is 29.8 Å². The lowest BCUT2D eigenvalue weighted by Crippen LogP contribution is -2.12. The van der Waals surface area contributed by atoms with Crippen LogP contribution in [0.5, 0.6) is 23.0 Å². The average molecular weight is 398 g/mol. The number of carbonyl (C=O) groups excluding carboxylic acids is 1. The molecule has 144 valence electrons. The lowest BCUT2D eigenvalue weighted by molar-refractivity contribution is 0.102. The summed E-state index contributed by atoms with van der Waals surface area (Å²) >= 11 is 6.24. The Labute approximate surface area is 168 Å². The summed E-state index contributed by atoms with van der Waals surface area (Å²) in [5.41, 5.74) is 1.00. The average Bonchev–Trinajstić information content (AvgIpc) is 2.71. The molecular weight excluding hydrogens is 378 g/mol. The number of benzene rings is 3. The van der Waals surface area contributed by atoms with Crippen molar-refractivity contribution in [1.82, 2.24) is 0 Å². The fourth-order valence-electron chi connectivity index (χ4n) is 2.57. The number of anilines is 1. The zero-order valence-corrected chi connectivity index (χ0v) is 16.3. The molecular formula is C22H20ClNO4. The first kappa shape index (κ1) is 19.6. The molecule has 0 aliphatic heterocycles. The Morgan fingerprint density at radius 1 is 1.00 bits per heavy atom. The number of methoxy groups -OCH3 is 1. The molecule has 28 heavy (non-hydrogen) atoms. The smallest absolute Gasteiger partial charge is 0.255 e. The topological polar surface area (TPSA) is 56.8 Å². The van der Waals surface area contributed by atoms with Crippen LogP contribution in [-0.4, -0.2) is 19.6 Å². The summed E-state index contributed by atoms with van der Waals surface area (Å²) in [5.74, 6) is 1.95. The number of ether oxygens (including phenoxy) is 3. The van der Waals surface area contributed by atoms with E-state index in [2.05, 4.69) is 5.32 Å². The minimum absolute atomic E-state index is 0.306. The highest BCUT2D eigenvalue weighted by atomic mass is 35.5. The monoisotopic (exact) mass is 397 g/mol. The summed E-state index contributed by atoms with van der Waals surface area (Å²) in [6, 6.07) is 19.7. The molecule has 0 aliphatic carbocycles. The Hall–Kier alpha value is -3.18. The van der Waals surface area contributed by atoms with Crippen LogP contribution in [0.4, 0.5) is 5.69 Å². The number of carbonyl (C=O) groups is 1. The van der Waals surface area contributed by atoms with Crippen molar-refractivity contribution in [2.45, 2.75) is 6.92 Å². The fourth-order valence-corrected chi connectivity index (χ4v) is 2.83. The molecule has 0 saturated heterocycles. The van der Waals surface area contributed by atoms with E-state index in [1.807, 2.05) is 37.3 Å². The number of amides is 1. The van der Waals surface area contributed by atoms with Gasteiger partial charge in [-0.2, -0.15) is 0 Å². The Kier molecular flexibility index (Phi) is 6.40. The molecule has 0 heterocycles. The van der Waals surface area contributed by atoms with E-state index in [9.17, 15) is 4.79 Å². The lowest BCUT2D eigenvalue weighted by Gasteiger charge is -2.13. The summed E-state index contributed by atoms with van der Waals surface area (Å²) in [6.45, 7) is 2.29. The van der Waals surface area contributed by atoms with E-state index in [1.54, 1.807) is 36.4 Å². The predicted octanol–water partition coefficient (Wildman–Crippen LogP) is 5.79. The Bertz CT molecular complexity index is 943. The number of para-hydroxylation sites is 1.